The molecule has 0 aliphatic rings. The molecule has 0 saturated heterocycles. The van der Waals surface area contributed by atoms with Crippen LogP contribution in [0.25, 0.3) is 5.69 Å². The number of carbonyl (C=O) groups is 1. The molecule has 1 amide bonds. The Balaban J connectivity index is 1.97. The third kappa shape index (κ3) is 4.71. The molecule has 10 heteroatoms. The molecule has 0 fully saturated rings. The highest BCUT2D eigenvalue weighted by Gasteiger charge is 2.22. The largest absolute Gasteiger partial charge is 0.365 e. The maximum absolute atomic E-state index is 14.6. The van der Waals surface area contributed by atoms with Crippen molar-refractivity contribution in [2.24, 2.45) is 17.4 Å². The summed E-state index contributed by atoms with van der Waals surface area (Å²) in [6.45, 7) is 5.78. The van der Waals surface area contributed by atoms with Crippen LogP contribution in [0.2, 0.25) is 0 Å². The van der Waals surface area contributed by atoms with Crippen molar-refractivity contribution in [3.05, 3.63) is 54.4 Å². The van der Waals surface area contributed by atoms with E-state index in [4.69, 9.17) is 11.5 Å². The summed E-state index contributed by atoms with van der Waals surface area (Å²) in [5, 5.41) is 10.2. The molecule has 0 aliphatic carbocycles. The minimum absolute atomic E-state index is 0.0188. The van der Waals surface area contributed by atoms with Gasteiger partial charge in [0.2, 0.25) is 0 Å². The van der Waals surface area contributed by atoms with Crippen molar-refractivity contribution in [2.45, 2.75) is 32.9 Å². The van der Waals surface area contributed by atoms with Crippen LogP contribution < -0.4 is 22.1 Å². The lowest BCUT2D eigenvalue weighted by molar-refractivity contribution is 0.100. The normalized spacial score (nSPS) is 13.1. The Morgan fingerprint density at radius 2 is 1.97 bits per heavy atom. The molecule has 0 aromatic carbocycles. The van der Waals surface area contributed by atoms with Gasteiger partial charge in [0.15, 0.2) is 11.6 Å². The van der Waals surface area contributed by atoms with Crippen molar-refractivity contribution in [2.75, 3.05) is 10.6 Å². The van der Waals surface area contributed by atoms with E-state index in [1.807, 2.05) is 20.8 Å². The van der Waals surface area contributed by atoms with Crippen LogP contribution >= 0.6 is 0 Å². The van der Waals surface area contributed by atoms with E-state index < -0.39 is 11.7 Å². The van der Waals surface area contributed by atoms with E-state index in [0.29, 0.717) is 11.4 Å². The second-order valence-corrected chi connectivity index (χ2v) is 7.36. The van der Waals surface area contributed by atoms with Crippen molar-refractivity contribution in [3.63, 3.8) is 0 Å². The Kier molecular flexibility index (Phi) is 6.26. The number of nitrogens with two attached hydrogens (primary N) is 2. The Hall–Kier alpha value is -3.53. The highest BCUT2D eigenvalue weighted by atomic mass is 19.1. The summed E-state index contributed by atoms with van der Waals surface area (Å²) in [5.41, 5.74) is 12.6. The molecule has 0 bridgehead atoms. The van der Waals surface area contributed by atoms with Crippen LogP contribution in [0, 0.1) is 11.7 Å². The van der Waals surface area contributed by atoms with E-state index in [-0.39, 0.29) is 35.2 Å². The monoisotopic (exact) mass is 412 g/mol. The van der Waals surface area contributed by atoms with Gasteiger partial charge >= 0.3 is 0 Å². The molecule has 0 spiro atoms. The number of nitrogens with one attached hydrogen (secondary N) is 2. The summed E-state index contributed by atoms with van der Waals surface area (Å²) in [5.74, 6) is -1.27. The third-order valence-corrected chi connectivity index (χ3v) is 4.59. The van der Waals surface area contributed by atoms with Crippen molar-refractivity contribution >= 4 is 23.2 Å². The maximum Gasteiger partial charge on any atom is 0.252 e. The number of amides is 1. The lowest BCUT2D eigenvalue weighted by Crippen LogP contribution is -2.42. The molecule has 6 N–H and O–H groups in total. The SMILES string of the molecule is CC(C)[C@@H](Nc1nc(Nc2cncc(-n3cccn3)c2)c(C(N)=O)cc1F)[C@H](C)N. The van der Waals surface area contributed by atoms with Gasteiger partial charge in [-0.2, -0.15) is 5.10 Å². The number of anilines is 3. The van der Waals surface area contributed by atoms with E-state index in [1.54, 1.807) is 41.6 Å². The van der Waals surface area contributed by atoms with E-state index in [0.717, 1.165) is 6.07 Å². The predicted octanol–water partition coefficient (Wildman–Crippen LogP) is 2.43. The van der Waals surface area contributed by atoms with Crippen molar-refractivity contribution in [3.8, 4) is 5.69 Å². The molecule has 3 aromatic heterocycles. The number of primary amides is 1. The Morgan fingerprint density at radius 1 is 1.20 bits per heavy atom. The second kappa shape index (κ2) is 8.87. The highest BCUT2D eigenvalue weighted by molar-refractivity contribution is 5.98. The maximum atomic E-state index is 14.6. The average molecular weight is 412 g/mol. The van der Waals surface area contributed by atoms with E-state index in [1.165, 1.54) is 0 Å². The van der Waals surface area contributed by atoms with Crippen molar-refractivity contribution in [1.82, 2.24) is 19.7 Å². The van der Waals surface area contributed by atoms with Crippen molar-refractivity contribution in [1.29, 1.82) is 0 Å². The zero-order chi connectivity index (χ0) is 21.8. The zero-order valence-corrected chi connectivity index (χ0v) is 17.0. The van der Waals surface area contributed by atoms with Crippen LogP contribution in [-0.2, 0) is 0 Å². The first kappa shape index (κ1) is 21.2. The molecular formula is C20H25FN8O. The first-order chi connectivity index (χ1) is 14.3. The van der Waals surface area contributed by atoms with E-state index in [2.05, 4.69) is 25.7 Å². The summed E-state index contributed by atoms with van der Waals surface area (Å²) < 4.78 is 16.3. The fourth-order valence-electron chi connectivity index (χ4n) is 3.12. The quantitative estimate of drug-likeness (QED) is 0.446. The molecule has 3 rings (SSSR count). The summed E-state index contributed by atoms with van der Waals surface area (Å²) in [4.78, 5) is 20.3. The summed E-state index contributed by atoms with van der Waals surface area (Å²) >= 11 is 0. The van der Waals surface area contributed by atoms with Gasteiger partial charge < -0.3 is 22.1 Å². The topological polar surface area (TPSA) is 137 Å². The molecule has 2 atom stereocenters. The van der Waals surface area contributed by atoms with Crippen LogP contribution in [0.5, 0.6) is 0 Å². The van der Waals surface area contributed by atoms with Crippen LogP contribution in [0.1, 0.15) is 31.1 Å². The van der Waals surface area contributed by atoms with Gasteiger partial charge in [-0.1, -0.05) is 13.8 Å². The van der Waals surface area contributed by atoms with Gasteiger partial charge in [0.05, 0.1) is 29.3 Å². The molecular weight excluding hydrogens is 387 g/mol. The van der Waals surface area contributed by atoms with Gasteiger partial charge in [0, 0.05) is 24.5 Å². The molecule has 9 nitrogen and oxygen atoms in total. The Morgan fingerprint density at radius 3 is 2.57 bits per heavy atom. The lowest BCUT2D eigenvalue weighted by atomic mass is 9.98. The predicted molar refractivity (Wildman–Crippen MR) is 113 cm³/mol. The standard InChI is InChI=1S/C20H25FN8O/c1-11(2)17(12(3)22)27-20-16(21)8-15(18(23)30)19(28-20)26-13-7-14(10-24-9-13)29-6-4-5-25-29/h4-12,17H,22H2,1-3H3,(H2,23,30)(H2,26,27,28)/t12-,17+/m0/s1. The number of hydrogen-bond donors (Lipinski definition) is 4. The average Bonchev–Trinajstić information content (AvgIpc) is 3.22. The fourth-order valence-corrected chi connectivity index (χ4v) is 3.12. The number of hydrogen-bond acceptors (Lipinski definition) is 7. The van der Waals surface area contributed by atoms with Crippen LogP contribution in [0.3, 0.4) is 0 Å². The number of pyridine rings is 2. The van der Waals surface area contributed by atoms with Crippen LogP contribution in [0.4, 0.5) is 21.7 Å². The number of rotatable bonds is 8. The minimum atomic E-state index is -0.806. The smallest absolute Gasteiger partial charge is 0.252 e. The fraction of sp³-hybridized carbons (Fsp3) is 0.300. The Bertz CT molecular complexity index is 1010. The number of aromatic nitrogens is 4. The zero-order valence-electron chi connectivity index (χ0n) is 17.0. The molecule has 3 aromatic rings. The first-order valence-corrected chi connectivity index (χ1v) is 9.50. The third-order valence-electron chi connectivity index (χ3n) is 4.59. The lowest BCUT2D eigenvalue weighted by Gasteiger charge is -2.27. The van der Waals surface area contributed by atoms with Gasteiger partial charge in [-0.3, -0.25) is 9.78 Å². The molecule has 0 aliphatic heterocycles. The van der Waals surface area contributed by atoms with Crippen LogP contribution in [0.15, 0.2) is 43.0 Å². The molecule has 0 saturated carbocycles. The summed E-state index contributed by atoms with van der Waals surface area (Å²) in [6, 6.07) is 4.15. The van der Waals surface area contributed by atoms with Gasteiger partial charge in [-0.15, -0.1) is 0 Å². The Labute approximate surface area is 173 Å². The van der Waals surface area contributed by atoms with Gasteiger partial charge in [-0.05, 0) is 31.0 Å². The highest BCUT2D eigenvalue weighted by Crippen LogP contribution is 2.25. The first-order valence-electron chi connectivity index (χ1n) is 9.50. The summed E-state index contributed by atoms with van der Waals surface area (Å²) in [7, 11) is 0. The molecule has 0 radical (unpaired) electrons. The summed E-state index contributed by atoms with van der Waals surface area (Å²) in [6.07, 6.45) is 6.60. The van der Waals surface area contributed by atoms with Gasteiger partial charge in [0.25, 0.3) is 5.91 Å². The molecule has 30 heavy (non-hydrogen) atoms. The number of carbonyl (C=O) groups excluding carboxylic acids is 1. The van der Waals surface area contributed by atoms with Crippen LogP contribution in [-0.4, -0.2) is 37.7 Å². The van der Waals surface area contributed by atoms with E-state index in [9.17, 15) is 9.18 Å². The number of halogens is 1. The minimum Gasteiger partial charge on any atom is -0.365 e. The van der Waals surface area contributed by atoms with E-state index >= 15 is 0 Å². The molecule has 3 heterocycles. The molecule has 158 valence electrons. The van der Waals surface area contributed by atoms with Gasteiger partial charge in [0.1, 0.15) is 5.82 Å². The van der Waals surface area contributed by atoms with Crippen molar-refractivity contribution < 1.29 is 9.18 Å². The molecule has 0 unspecified atom stereocenters. The van der Waals surface area contributed by atoms with Gasteiger partial charge in [-0.25, -0.2) is 14.1 Å². The number of nitrogens with zero attached hydrogens (tertiary/aromatic N) is 4. The second-order valence-electron chi connectivity index (χ2n) is 7.36.